The van der Waals surface area contributed by atoms with Crippen molar-refractivity contribution < 1.29 is 9.53 Å². The molecule has 0 aromatic heterocycles. The van der Waals surface area contributed by atoms with Crippen LogP contribution in [-0.2, 0) is 9.53 Å². The molecular weight excluding hydrogens is 204 g/mol. The first-order valence-corrected chi connectivity index (χ1v) is 6.10. The highest BCUT2D eigenvalue weighted by atomic mass is 16.5. The van der Waals surface area contributed by atoms with Crippen LogP contribution in [0.1, 0.15) is 34.1 Å². The van der Waals surface area contributed by atoms with E-state index in [1.54, 1.807) is 0 Å². The average molecular weight is 230 g/mol. The first-order chi connectivity index (χ1) is 7.52. The first-order valence-electron chi connectivity index (χ1n) is 6.10. The van der Waals surface area contributed by atoms with Crippen molar-refractivity contribution >= 4 is 5.91 Å². The van der Waals surface area contributed by atoms with Gasteiger partial charge in [0.05, 0.1) is 13.2 Å². The molecule has 2 N–H and O–H groups in total. The summed E-state index contributed by atoms with van der Waals surface area (Å²) in [6.07, 6.45) is 1.09. The highest BCUT2D eigenvalue weighted by Gasteiger charge is 2.01. The lowest BCUT2D eigenvalue weighted by Gasteiger charge is -2.09. The summed E-state index contributed by atoms with van der Waals surface area (Å²) >= 11 is 0. The number of amides is 1. The fourth-order valence-corrected chi connectivity index (χ4v) is 1.14. The number of hydrogen-bond donors (Lipinski definition) is 2. The zero-order chi connectivity index (χ0) is 12.4. The van der Waals surface area contributed by atoms with Crippen molar-refractivity contribution in [3.8, 4) is 0 Å². The molecule has 0 aliphatic heterocycles. The van der Waals surface area contributed by atoms with Gasteiger partial charge in [-0.15, -0.1) is 0 Å². The van der Waals surface area contributed by atoms with Crippen molar-refractivity contribution in [2.24, 2.45) is 5.92 Å². The van der Waals surface area contributed by atoms with Gasteiger partial charge in [0.15, 0.2) is 0 Å². The van der Waals surface area contributed by atoms with Crippen LogP contribution in [0, 0.1) is 5.92 Å². The molecule has 0 fully saturated rings. The average Bonchev–Trinajstić information content (AvgIpc) is 2.14. The van der Waals surface area contributed by atoms with Gasteiger partial charge in [0, 0.05) is 19.2 Å². The third kappa shape index (κ3) is 11.5. The Balaban J connectivity index is 3.18. The van der Waals surface area contributed by atoms with Gasteiger partial charge in [-0.05, 0) is 26.2 Å². The van der Waals surface area contributed by atoms with E-state index in [1.807, 2.05) is 13.8 Å². The van der Waals surface area contributed by atoms with Crippen molar-refractivity contribution in [2.45, 2.75) is 40.2 Å². The van der Waals surface area contributed by atoms with Crippen LogP contribution >= 0.6 is 0 Å². The predicted octanol–water partition coefficient (Wildman–Crippen LogP) is 1.16. The highest BCUT2D eigenvalue weighted by molar-refractivity contribution is 5.78. The maximum absolute atomic E-state index is 11.2. The Bertz CT molecular complexity index is 182. The fourth-order valence-electron chi connectivity index (χ4n) is 1.14. The van der Waals surface area contributed by atoms with Crippen molar-refractivity contribution in [3.63, 3.8) is 0 Å². The second-order valence-electron chi connectivity index (χ2n) is 4.69. The third-order valence-corrected chi connectivity index (χ3v) is 2.00. The van der Waals surface area contributed by atoms with Crippen molar-refractivity contribution in [3.05, 3.63) is 0 Å². The maximum Gasteiger partial charge on any atom is 0.234 e. The Morgan fingerprint density at radius 2 is 1.88 bits per heavy atom. The number of nitrogens with one attached hydrogen (secondary N) is 2. The van der Waals surface area contributed by atoms with Crippen LogP contribution in [-0.4, -0.2) is 38.3 Å². The molecule has 4 heteroatoms. The SMILES string of the molecule is CC(C)CCOCCNCC(=O)NC(C)C. The lowest BCUT2D eigenvalue weighted by atomic mass is 10.1. The molecule has 16 heavy (non-hydrogen) atoms. The van der Waals surface area contributed by atoms with Crippen molar-refractivity contribution in [2.75, 3.05) is 26.3 Å². The largest absolute Gasteiger partial charge is 0.380 e. The minimum absolute atomic E-state index is 0.0391. The molecule has 0 spiro atoms. The summed E-state index contributed by atoms with van der Waals surface area (Å²) in [6, 6.07) is 0.205. The van der Waals surface area contributed by atoms with E-state index in [2.05, 4.69) is 24.5 Å². The minimum Gasteiger partial charge on any atom is -0.380 e. The molecular formula is C12H26N2O2. The Morgan fingerprint density at radius 1 is 1.19 bits per heavy atom. The first kappa shape index (κ1) is 15.4. The Kier molecular flexibility index (Phi) is 9.24. The lowest BCUT2D eigenvalue weighted by Crippen LogP contribution is -2.38. The van der Waals surface area contributed by atoms with E-state index in [9.17, 15) is 4.79 Å². The minimum atomic E-state index is 0.0391. The molecule has 1 amide bonds. The van der Waals surface area contributed by atoms with Gasteiger partial charge in [0.1, 0.15) is 0 Å². The molecule has 0 heterocycles. The van der Waals surface area contributed by atoms with Crippen molar-refractivity contribution in [1.82, 2.24) is 10.6 Å². The summed E-state index contributed by atoms with van der Waals surface area (Å²) in [5, 5.41) is 5.86. The van der Waals surface area contributed by atoms with Gasteiger partial charge in [0.2, 0.25) is 5.91 Å². The van der Waals surface area contributed by atoms with Gasteiger partial charge in [-0.25, -0.2) is 0 Å². The van der Waals surface area contributed by atoms with E-state index in [0.29, 0.717) is 19.1 Å². The highest BCUT2D eigenvalue weighted by Crippen LogP contribution is 1.97. The van der Waals surface area contributed by atoms with Crippen LogP contribution in [0.2, 0.25) is 0 Å². The fraction of sp³-hybridized carbons (Fsp3) is 0.917. The quantitative estimate of drug-likeness (QED) is 0.584. The topological polar surface area (TPSA) is 50.4 Å². The van der Waals surface area contributed by atoms with Gasteiger partial charge in [-0.1, -0.05) is 13.8 Å². The summed E-state index contributed by atoms with van der Waals surface area (Å²) in [6.45, 7) is 10.8. The second kappa shape index (κ2) is 9.60. The van der Waals surface area contributed by atoms with Crippen LogP contribution in [0.15, 0.2) is 0 Å². The van der Waals surface area contributed by atoms with E-state index < -0.39 is 0 Å². The number of carbonyl (C=O) groups is 1. The molecule has 0 rings (SSSR count). The van der Waals surface area contributed by atoms with Crippen LogP contribution in [0.25, 0.3) is 0 Å². The van der Waals surface area contributed by atoms with E-state index in [-0.39, 0.29) is 11.9 Å². The summed E-state index contributed by atoms with van der Waals surface area (Å²) in [4.78, 5) is 11.2. The summed E-state index contributed by atoms with van der Waals surface area (Å²) < 4.78 is 5.41. The van der Waals surface area contributed by atoms with Crippen LogP contribution in [0.3, 0.4) is 0 Å². The molecule has 0 aliphatic rings. The van der Waals surface area contributed by atoms with E-state index in [0.717, 1.165) is 19.6 Å². The Hall–Kier alpha value is -0.610. The molecule has 0 saturated carbocycles. The Morgan fingerprint density at radius 3 is 2.44 bits per heavy atom. The molecule has 4 nitrogen and oxygen atoms in total. The molecule has 0 atom stereocenters. The van der Waals surface area contributed by atoms with Gasteiger partial charge in [-0.2, -0.15) is 0 Å². The Labute approximate surface area is 99.1 Å². The van der Waals surface area contributed by atoms with E-state index >= 15 is 0 Å². The molecule has 0 aromatic carbocycles. The molecule has 0 saturated heterocycles. The van der Waals surface area contributed by atoms with Crippen LogP contribution in [0.4, 0.5) is 0 Å². The number of rotatable bonds is 9. The van der Waals surface area contributed by atoms with E-state index in [1.165, 1.54) is 0 Å². The molecule has 0 aromatic rings. The normalized spacial score (nSPS) is 11.1. The van der Waals surface area contributed by atoms with Crippen LogP contribution < -0.4 is 10.6 Å². The molecule has 0 bridgehead atoms. The molecule has 0 aliphatic carbocycles. The molecule has 96 valence electrons. The summed E-state index contributed by atoms with van der Waals surface area (Å²) in [5.41, 5.74) is 0. The monoisotopic (exact) mass is 230 g/mol. The standard InChI is InChI=1S/C12H26N2O2/c1-10(2)5-7-16-8-6-13-9-12(15)14-11(3)4/h10-11,13H,5-9H2,1-4H3,(H,14,15). The third-order valence-electron chi connectivity index (χ3n) is 2.00. The zero-order valence-corrected chi connectivity index (χ0v) is 11.0. The van der Waals surface area contributed by atoms with Gasteiger partial charge >= 0.3 is 0 Å². The number of carbonyl (C=O) groups excluding carboxylic acids is 1. The molecule has 0 unspecified atom stereocenters. The van der Waals surface area contributed by atoms with Gasteiger partial charge in [0.25, 0.3) is 0 Å². The summed E-state index contributed by atoms with van der Waals surface area (Å²) in [7, 11) is 0. The summed E-state index contributed by atoms with van der Waals surface area (Å²) in [5.74, 6) is 0.724. The van der Waals surface area contributed by atoms with Gasteiger partial charge < -0.3 is 15.4 Å². The molecule has 0 radical (unpaired) electrons. The van der Waals surface area contributed by atoms with Crippen LogP contribution in [0.5, 0.6) is 0 Å². The maximum atomic E-state index is 11.2. The lowest BCUT2D eigenvalue weighted by molar-refractivity contribution is -0.120. The predicted molar refractivity (Wildman–Crippen MR) is 66.4 cm³/mol. The van der Waals surface area contributed by atoms with Crippen molar-refractivity contribution in [1.29, 1.82) is 0 Å². The number of hydrogen-bond acceptors (Lipinski definition) is 3. The number of ether oxygens (including phenoxy) is 1. The second-order valence-corrected chi connectivity index (χ2v) is 4.69. The smallest absolute Gasteiger partial charge is 0.234 e. The zero-order valence-electron chi connectivity index (χ0n) is 11.0. The van der Waals surface area contributed by atoms with E-state index in [4.69, 9.17) is 4.74 Å². The van der Waals surface area contributed by atoms with Gasteiger partial charge in [-0.3, -0.25) is 4.79 Å².